The predicted octanol–water partition coefficient (Wildman–Crippen LogP) is 3.73. The van der Waals surface area contributed by atoms with Crippen molar-refractivity contribution in [3.8, 4) is 5.75 Å². The summed E-state index contributed by atoms with van der Waals surface area (Å²) in [4.78, 5) is 4.43. The maximum Gasteiger partial charge on any atom is 0.191 e. The van der Waals surface area contributed by atoms with Gasteiger partial charge in [-0.25, -0.2) is 8.42 Å². The quantitative estimate of drug-likeness (QED) is 0.546. The second-order valence-corrected chi connectivity index (χ2v) is 10.9. The summed E-state index contributed by atoms with van der Waals surface area (Å²) in [6, 6.07) is 16.1. The number of hydrogen-bond acceptors (Lipinski definition) is 4. The number of benzene rings is 2. The van der Waals surface area contributed by atoms with E-state index in [2.05, 4.69) is 33.8 Å². The highest BCUT2D eigenvalue weighted by Crippen LogP contribution is 2.46. The number of nitrogens with zero attached hydrogens (tertiary/aromatic N) is 1. The van der Waals surface area contributed by atoms with Crippen molar-refractivity contribution in [3.63, 3.8) is 0 Å². The molecule has 2 aromatic carbocycles. The van der Waals surface area contributed by atoms with Crippen molar-refractivity contribution in [1.29, 1.82) is 0 Å². The van der Waals surface area contributed by atoms with Crippen molar-refractivity contribution < 1.29 is 13.2 Å². The van der Waals surface area contributed by atoms with Crippen LogP contribution in [0.15, 0.2) is 53.5 Å². The van der Waals surface area contributed by atoms with Crippen LogP contribution in [0.5, 0.6) is 5.75 Å². The van der Waals surface area contributed by atoms with Gasteiger partial charge in [-0.2, -0.15) is 0 Å². The van der Waals surface area contributed by atoms with Crippen LogP contribution in [0.25, 0.3) is 0 Å². The second kappa shape index (κ2) is 8.91. The number of fused-ring (bicyclic) bond motifs is 1. The molecule has 1 aliphatic carbocycles. The average Bonchev–Trinajstić information content (AvgIpc) is 3.18. The first kappa shape index (κ1) is 21.7. The zero-order chi connectivity index (χ0) is 21.9. The zero-order valence-electron chi connectivity index (χ0n) is 18.2. The zero-order valence-corrected chi connectivity index (χ0v) is 19.0. The van der Waals surface area contributed by atoms with Crippen LogP contribution in [0.3, 0.4) is 0 Å². The van der Waals surface area contributed by atoms with Gasteiger partial charge < -0.3 is 15.4 Å². The van der Waals surface area contributed by atoms with Gasteiger partial charge in [-0.1, -0.05) is 42.5 Å². The fraction of sp³-hybridized carbons (Fsp3) is 0.458. The van der Waals surface area contributed by atoms with Crippen molar-refractivity contribution in [2.75, 3.05) is 13.3 Å². The molecular formula is C24H31N3O3S. The molecule has 0 aromatic heterocycles. The Morgan fingerprint density at radius 3 is 2.45 bits per heavy atom. The highest BCUT2D eigenvalue weighted by atomic mass is 32.2. The van der Waals surface area contributed by atoms with E-state index in [1.807, 2.05) is 30.3 Å². The number of ether oxygens (including phenoxy) is 1. The molecule has 31 heavy (non-hydrogen) atoms. The third kappa shape index (κ3) is 5.39. The van der Waals surface area contributed by atoms with Crippen LogP contribution in [-0.4, -0.2) is 33.3 Å². The standard InChI is InChI=1S/C24H31N3O3S/c1-25-23(26-16-18-9-11-19(12-10-18)17-31(2,28)29)27-21-15-24(13-5-6-14-24)30-22-8-4-3-7-20(21)22/h3-4,7-12,21H,5-6,13-17H2,1-2H3,(H2,25,26,27). The molecule has 1 fully saturated rings. The van der Waals surface area contributed by atoms with Gasteiger partial charge >= 0.3 is 0 Å². The topological polar surface area (TPSA) is 79.8 Å². The number of sulfone groups is 1. The largest absolute Gasteiger partial charge is 0.487 e. The van der Waals surface area contributed by atoms with Gasteiger partial charge in [0.05, 0.1) is 11.8 Å². The SMILES string of the molecule is CN=C(NCc1ccc(CS(C)(=O)=O)cc1)NC1CC2(CCCC2)Oc2ccccc21. The first-order valence-corrected chi connectivity index (χ1v) is 12.9. The Morgan fingerprint density at radius 2 is 1.77 bits per heavy atom. The predicted molar refractivity (Wildman–Crippen MR) is 124 cm³/mol. The van der Waals surface area contributed by atoms with Crippen LogP contribution in [0.2, 0.25) is 0 Å². The van der Waals surface area contributed by atoms with E-state index in [0.29, 0.717) is 6.54 Å². The van der Waals surface area contributed by atoms with Crippen molar-refractivity contribution >= 4 is 15.8 Å². The molecular weight excluding hydrogens is 410 g/mol. The Hall–Kier alpha value is -2.54. The van der Waals surface area contributed by atoms with Gasteiger partial charge in [0.15, 0.2) is 15.8 Å². The summed E-state index contributed by atoms with van der Waals surface area (Å²) in [5.41, 5.74) is 2.97. The molecule has 0 radical (unpaired) electrons. The normalized spacial score (nSPS) is 20.2. The first-order chi connectivity index (χ1) is 14.9. The lowest BCUT2D eigenvalue weighted by Crippen LogP contribution is -2.46. The number of aliphatic imine (C=N–C) groups is 1. The van der Waals surface area contributed by atoms with Gasteiger partial charge in [-0.15, -0.1) is 0 Å². The average molecular weight is 442 g/mol. The maximum absolute atomic E-state index is 11.5. The van der Waals surface area contributed by atoms with E-state index in [1.54, 1.807) is 7.05 Å². The second-order valence-electron chi connectivity index (χ2n) is 8.74. The lowest BCUT2D eigenvalue weighted by Gasteiger charge is -2.40. The summed E-state index contributed by atoms with van der Waals surface area (Å²) < 4.78 is 29.4. The minimum absolute atomic E-state index is 0.0643. The highest BCUT2D eigenvalue weighted by Gasteiger charge is 2.43. The maximum atomic E-state index is 11.5. The molecule has 1 saturated carbocycles. The number of para-hydroxylation sites is 1. The molecule has 1 heterocycles. The minimum atomic E-state index is -3.03. The molecule has 1 spiro atoms. The molecule has 0 amide bonds. The molecule has 0 saturated heterocycles. The molecule has 2 aliphatic rings. The van der Waals surface area contributed by atoms with Crippen LogP contribution in [0.1, 0.15) is 54.8 Å². The summed E-state index contributed by atoms with van der Waals surface area (Å²) in [5, 5.41) is 7.00. The van der Waals surface area contributed by atoms with E-state index in [-0.39, 0.29) is 17.4 Å². The van der Waals surface area contributed by atoms with Crippen LogP contribution < -0.4 is 15.4 Å². The number of nitrogens with one attached hydrogen (secondary N) is 2. The molecule has 2 aromatic rings. The summed E-state index contributed by atoms with van der Waals surface area (Å²) in [6.45, 7) is 0.606. The molecule has 1 aliphatic heterocycles. The van der Waals surface area contributed by atoms with E-state index < -0.39 is 9.84 Å². The molecule has 4 rings (SSSR count). The van der Waals surface area contributed by atoms with E-state index in [1.165, 1.54) is 24.7 Å². The van der Waals surface area contributed by atoms with Gasteiger partial charge in [0.25, 0.3) is 0 Å². The smallest absolute Gasteiger partial charge is 0.191 e. The van der Waals surface area contributed by atoms with Crippen LogP contribution in [0.4, 0.5) is 0 Å². The molecule has 6 nitrogen and oxygen atoms in total. The summed E-state index contributed by atoms with van der Waals surface area (Å²) in [6.07, 6.45) is 6.83. The summed E-state index contributed by atoms with van der Waals surface area (Å²) in [5.74, 6) is 1.79. The number of hydrogen-bond donors (Lipinski definition) is 2. The molecule has 166 valence electrons. The molecule has 7 heteroatoms. The van der Waals surface area contributed by atoms with Crippen LogP contribution in [0, 0.1) is 0 Å². The van der Waals surface area contributed by atoms with Gasteiger partial charge in [0.1, 0.15) is 11.4 Å². The van der Waals surface area contributed by atoms with E-state index >= 15 is 0 Å². The third-order valence-corrected chi connectivity index (χ3v) is 7.02. The summed E-state index contributed by atoms with van der Waals surface area (Å²) >= 11 is 0. The van der Waals surface area contributed by atoms with Crippen molar-refractivity contribution in [3.05, 3.63) is 65.2 Å². The lowest BCUT2D eigenvalue weighted by atomic mass is 9.86. The lowest BCUT2D eigenvalue weighted by molar-refractivity contribution is 0.0396. The third-order valence-electron chi connectivity index (χ3n) is 6.16. The number of rotatable bonds is 5. The fourth-order valence-corrected chi connectivity index (χ4v) is 5.47. The minimum Gasteiger partial charge on any atom is -0.487 e. The fourth-order valence-electron chi connectivity index (χ4n) is 4.67. The molecule has 1 unspecified atom stereocenters. The van der Waals surface area contributed by atoms with Gasteiger partial charge in [-0.05, 0) is 42.9 Å². The Kier molecular flexibility index (Phi) is 6.23. The Morgan fingerprint density at radius 1 is 1.10 bits per heavy atom. The Bertz CT molecular complexity index is 1040. The highest BCUT2D eigenvalue weighted by molar-refractivity contribution is 7.89. The van der Waals surface area contributed by atoms with E-state index in [4.69, 9.17) is 4.74 Å². The number of guanidine groups is 1. The Balaban J connectivity index is 1.42. The van der Waals surface area contributed by atoms with Crippen molar-refractivity contribution in [2.24, 2.45) is 4.99 Å². The van der Waals surface area contributed by atoms with Gasteiger partial charge in [-0.3, -0.25) is 4.99 Å². The van der Waals surface area contributed by atoms with Crippen molar-refractivity contribution in [1.82, 2.24) is 10.6 Å². The molecule has 0 bridgehead atoms. The van der Waals surface area contributed by atoms with E-state index in [0.717, 1.165) is 42.1 Å². The van der Waals surface area contributed by atoms with E-state index in [9.17, 15) is 8.42 Å². The first-order valence-electron chi connectivity index (χ1n) is 10.9. The molecule has 2 N–H and O–H groups in total. The van der Waals surface area contributed by atoms with Gasteiger partial charge in [0, 0.05) is 31.8 Å². The van der Waals surface area contributed by atoms with Gasteiger partial charge in [0.2, 0.25) is 0 Å². The summed E-state index contributed by atoms with van der Waals surface area (Å²) in [7, 11) is -1.25. The molecule has 1 atom stereocenters. The Labute approximate surface area is 185 Å². The monoisotopic (exact) mass is 441 g/mol. The van der Waals surface area contributed by atoms with Crippen LogP contribution in [-0.2, 0) is 22.1 Å². The van der Waals surface area contributed by atoms with Crippen LogP contribution >= 0.6 is 0 Å². The van der Waals surface area contributed by atoms with Crippen molar-refractivity contribution in [2.45, 2.75) is 56.0 Å².